The molecule has 2 unspecified atom stereocenters. The number of hydrogen-bond acceptors (Lipinski definition) is 2. The van der Waals surface area contributed by atoms with Crippen LogP contribution in [-0.2, 0) is 4.79 Å². The molecule has 0 heterocycles. The lowest BCUT2D eigenvalue weighted by molar-refractivity contribution is -0.139. The van der Waals surface area contributed by atoms with Crippen molar-refractivity contribution in [3.63, 3.8) is 0 Å². The lowest BCUT2D eigenvalue weighted by Crippen LogP contribution is -2.57. The smallest absolute Gasteiger partial charge is 0.242 e. The quantitative estimate of drug-likeness (QED) is 0.821. The molecule has 2 N–H and O–H groups in total. The lowest BCUT2D eigenvalue weighted by Gasteiger charge is -2.40. The van der Waals surface area contributed by atoms with Crippen LogP contribution < -0.4 is 5.73 Å². The van der Waals surface area contributed by atoms with Crippen molar-refractivity contribution >= 4 is 5.91 Å². The molecule has 2 atom stereocenters. The first-order valence-corrected chi connectivity index (χ1v) is 7.59. The molecular weight excluding hydrogens is 224 g/mol. The number of amides is 1. The van der Waals surface area contributed by atoms with E-state index in [0.717, 1.165) is 44.4 Å². The first kappa shape index (κ1) is 13.9. The standard InChI is InChI=1S/C15H28N2O/c1-12-7-6-8-13(11-12)17(2)14(18)15(16)9-4-3-5-10-15/h12-13H,3-11,16H2,1-2H3. The van der Waals surface area contributed by atoms with E-state index in [9.17, 15) is 4.79 Å². The van der Waals surface area contributed by atoms with Crippen LogP contribution in [0.1, 0.15) is 64.7 Å². The zero-order valence-corrected chi connectivity index (χ0v) is 12.0. The minimum absolute atomic E-state index is 0.196. The van der Waals surface area contributed by atoms with Crippen LogP contribution in [0.4, 0.5) is 0 Å². The van der Waals surface area contributed by atoms with E-state index in [1.165, 1.54) is 19.3 Å². The van der Waals surface area contributed by atoms with Crippen LogP contribution >= 0.6 is 0 Å². The van der Waals surface area contributed by atoms with Crippen LogP contribution in [0.3, 0.4) is 0 Å². The van der Waals surface area contributed by atoms with Gasteiger partial charge >= 0.3 is 0 Å². The Hall–Kier alpha value is -0.570. The Morgan fingerprint density at radius 1 is 1.17 bits per heavy atom. The van der Waals surface area contributed by atoms with Gasteiger partial charge in [0.1, 0.15) is 0 Å². The fourth-order valence-corrected chi connectivity index (χ4v) is 3.67. The number of hydrogen-bond donors (Lipinski definition) is 1. The first-order chi connectivity index (χ1) is 8.53. The summed E-state index contributed by atoms with van der Waals surface area (Å²) in [5.74, 6) is 0.945. The molecule has 18 heavy (non-hydrogen) atoms. The van der Waals surface area contributed by atoms with Crippen molar-refractivity contribution < 1.29 is 4.79 Å². The van der Waals surface area contributed by atoms with Crippen molar-refractivity contribution in [3.05, 3.63) is 0 Å². The molecule has 0 aromatic rings. The molecule has 3 nitrogen and oxygen atoms in total. The van der Waals surface area contributed by atoms with Gasteiger partial charge < -0.3 is 10.6 Å². The van der Waals surface area contributed by atoms with E-state index in [1.54, 1.807) is 0 Å². The summed E-state index contributed by atoms with van der Waals surface area (Å²) in [6, 6.07) is 0.420. The fraction of sp³-hybridized carbons (Fsp3) is 0.933. The number of carbonyl (C=O) groups is 1. The second kappa shape index (κ2) is 5.60. The van der Waals surface area contributed by atoms with Gasteiger partial charge in [-0.1, -0.05) is 39.0 Å². The maximum absolute atomic E-state index is 12.6. The molecule has 0 aromatic heterocycles. The summed E-state index contributed by atoms with van der Waals surface area (Å²) in [7, 11) is 1.97. The summed E-state index contributed by atoms with van der Waals surface area (Å²) < 4.78 is 0. The van der Waals surface area contributed by atoms with Crippen LogP contribution in [0.15, 0.2) is 0 Å². The molecule has 3 heteroatoms. The molecule has 0 bridgehead atoms. The number of nitrogens with two attached hydrogens (primary N) is 1. The zero-order valence-electron chi connectivity index (χ0n) is 12.0. The molecule has 0 spiro atoms. The van der Waals surface area contributed by atoms with E-state index in [1.807, 2.05) is 11.9 Å². The first-order valence-electron chi connectivity index (χ1n) is 7.59. The van der Waals surface area contributed by atoms with Gasteiger partial charge in [0.2, 0.25) is 5.91 Å². The molecule has 2 saturated carbocycles. The second-order valence-corrected chi connectivity index (χ2v) is 6.56. The Kier molecular flexibility index (Phi) is 4.31. The van der Waals surface area contributed by atoms with E-state index in [0.29, 0.717) is 6.04 Å². The SMILES string of the molecule is CC1CCCC(N(C)C(=O)C2(N)CCCCC2)C1. The van der Waals surface area contributed by atoms with Gasteiger partial charge in [0.15, 0.2) is 0 Å². The van der Waals surface area contributed by atoms with Gasteiger partial charge in [0.05, 0.1) is 5.54 Å². The van der Waals surface area contributed by atoms with E-state index in [4.69, 9.17) is 5.73 Å². The van der Waals surface area contributed by atoms with Crippen molar-refractivity contribution in [1.29, 1.82) is 0 Å². The van der Waals surface area contributed by atoms with Crippen molar-refractivity contribution in [3.8, 4) is 0 Å². The molecule has 2 fully saturated rings. The van der Waals surface area contributed by atoms with E-state index < -0.39 is 5.54 Å². The molecule has 0 aromatic carbocycles. The average Bonchev–Trinajstić information content (AvgIpc) is 2.38. The van der Waals surface area contributed by atoms with Gasteiger partial charge in [-0.3, -0.25) is 4.79 Å². The summed E-state index contributed by atoms with van der Waals surface area (Å²) in [5.41, 5.74) is 5.79. The maximum Gasteiger partial charge on any atom is 0.242 e. The van der Waals surface area contributed by atoms with Crippen LogP contribution in [0.5, 0.6) is 0 Å². The van der Waals surface area contributed by atoms with Crippen LogP contribution in [0.25, 0.3) is 0 Å². The Morgan fingerprint density at radius 2 is 1.83 bits per heavy atom. The second-order valence-electron chi connectivity index (χ2n) is 6.56. The molecule has 0 aliphatic heterocycles. The van der Waals surface area contributed by atoms with Crippen molar-refractivity contribution in [2.75, 3.05) is 7.05 Å². The number of likely N-dealkylation sites (N-methyl/N-ethyl adjacent to an activating group) is 1. The topological polar surface area (TPSA) is 46.3 Å². The molecule has 2 aliphatic rings. The molecular formula is C15H28N2O. The highest BCUT2D eigenvalue weighted by molar-refractivity contribution is 5.86. The van der Waals surface area contributed by atoms with Crippen molar-refractivity contribution in [1.82, 2.24) is 4.90 Å². The Balaban J connectivity index is 1.98. The maximum atomic E-state index is 12.6. The van der Waals surface area contributed by atoms with E-state index in [-0.39, 0.29) is 5.91 Å². The lowest BCUT2D eigenvalue weighted by atomic mass is 9.80. The highest BCUT2D eigenvalue weighted by Gasteiger charge is 2.39. The molecule has 0 saturated heterocycles. The average molecular weight is 252 g/mol. The molecule has 1 amide bonds. The summed E-state index contributed by atoms with van der Waals surface area (Å²) in [6.07, 6.45) is 10.1. The monoisotopic (exact) mass is 252 g/mol. The van der Waals surface area contributed by atoms with Crippen molar-refractivity contribution in [2.45, 2.75) is 76.3 Å². The molecule has 2 rings (SSSR count). The van der Waals surface area contributed by atoms with E-state index in [2.05, 4.69) is 6.92 Å². The van der Waals surface area contributed by atoms with Gasteiger partial charge in [0.25, 0.3) is 0 Å². The Bertz CT molecular complexity index is 297. The summed E-state index contributed by atoms with van der Waals surface area (Å²) in [6.45, 7) is 2.29. The molecule has 104 valence electrons. The van der Waals surface area contributed by atoms with Gasteiger partial charge in [-0.25, -0.2) is 0 Å². The van der Waals surface area contributed by atoms with Crippen LogP contribution in [0.2, 0.25) is 0 Å². The largest absolute Gasteiger partial charge is 0.341 e. The zero-order chi connectivity index (χ0) is 13.2. The molecule has 0 radical (unpaired) electrons. The summed E-state index contributed by atoms with van der Waals surface area (Å²) in [5, 5.41) is 0. The highest BCUT2D eigenvalue weighted by atomic mass is 16.2. The number of carbonyl (C=O) groups excluding carboxylic acids is 1. The van der Waals surface area contributed by atoms with Crippen LogP contribution in [0, 0.1) is 5.92 Å². The van der Waals surface area contributed by atoms with Crippen molar-refractivity contribution in [2.24, 2.45) is 11.7 Å². The summed E-state index contributed by atoms with van der Waals surface area (Å²) >= 11 is 0. The highest BCUT2D eigenvalue weighted by Crippen LogP contribution is 2.31. The fourth-order valence-electron chi connectivity index (χ4n) is 3.67. The number of rotatable bonds is 2. The Morgan fingerprint density at radius 3 is 2.44 bits per heavy atom. The predicted molar refractivity (Wildman–Crippen MR) is 74.2 cm³/mol. The minimum Gasteiger partial charge on any atom is -0.341 e. The normalized spacial score (nSPS) is 31.9. The summed E-state index contributed by atoms with van der Waals surface area (Å²) in [4.78, 5) is 14.6. The van der Waals surface area contributed by atoms with Crippen LogP contribution in [-0.4, -0.2) is 29.4 Å². The van der Waals surface area contributed by atoms with Gasteiger partial charge in [-0.15, -0.1) is 0 Å². The van der Waals surface area contributed by atoms with Gasteiger partial charge in [0, 0.05) is 13.1 Å². The Labute approximate surface area is 111 Å². The minimum atomic E-state index is -0.562. The predicted octanol–water partition coefficient (Wildman–Crippen LogP) is 2.69. The van der Waals surface area contributed by atoms with Gasteiger partial charge in [-0.2, -0.15) is 0 Å². The van der Waals surface area contributed by atoms with Gasteiger partial charge in [-0.05, 0) is 31.6 Å². The van der Waals surface area contributed by atoms with E-state index >= 15 is 0 Å². The third kappa shape index (κ3) is 2.87. The number of nitrogens with zero attached hydrogens (tertiary/aromatic N) is 1. The molecule has 2 aliphatic carbocycles. The third-order valence-corrected chi connectivity index (χ3v) is 4.95. The third-order valence-electron chi connectivity index (χ3n) is 4.95.